The van der Waals surface area contributed by atoms with Crippen molar-refractivity contribution in [3.63, 3.8) is 0 Å². The van der Waals surface area contributed by atoms with Gasteiger partial charge in [-0.1, -0.05) is 46.3 Å². The molecule has 3 rings (SSSR count). The topological polar surface area (TPSA) is 42.3 Å². The maximum Gasteiger partial charge on any atom is 0.295 e. The molecule has 26 heavy (non-hydrogen) atoms. The van der Waals surface area contributed by atoms with Crippen molar-refractivity contribution in [1.82, 2.24) is 9.47 Å². The van der Waals surface area contributed by atoms with Crippen molar-refractivity contribution in [2.75, 3.05) is 13.1 Å². The number of para-hydroxylation sites is 1. The van der Waals surface area contributed by atoms with E-state index in [4.69, 9.17) is 0 Å². The third-order valence-electron chi connectivity index (χ3n) is 4.54. The van der Waals surface area contributed by atoms with Gasteiger partial charge in [-0.2, -0.15) is 0 Å². The van der Waals surface area contributed by atoms with E-state index in [1.807, 2.05) is 66.9 Å². The van der Waals surface area contributed by atoms with Gasteiger partial charge >= 0.3 is 0 Å². The van der Waals surface area contributed by atoms with E-state index in [0.29, 0.717) is 25.2 Å². The number of halogens is 1. The highest BCUT2D eigenvalue weighted by atomic mass is 79.9. The summed E-state index contributed by atoms with van der Waals surface area (Å²) in [7, 11) is 0. The van der Waals surface area contributed by atoms with Crippen molar-refractivity contribution in [1.29, 1.82) is 0 Å². The van der Waals surface area contributed by atoms with Gasteiger partial charge in [0.1, 0.15) is 0 Å². The summed E-state index contributed by atoms with van der Waals surface area (Å²) >= 11 is 3.44. The van der Waals surface area contributed by atoms with Crippen molar-refractivity contribution in [2.24, 2.45) is 0 Å². The predicted octanol–water partition coefficient (Wildman–Crippen LogP) is 4.50. The van der Waals surface area contributed by atoms with Gasteiger partial charge in [-0.05, 0) is 37.6 Å². The molecule has 0 spiro atoms. The minimum atomic E-state index is -0.445. The number of amides is 1. The molecule has 0 fully saturated rings. The van der Waals surface area contributed by atoms with Gasteiger partial charge in [-0.25, -0.2) is 0 Å². The summed E-state index contributed by atoms with van der Waals surface area (Å²) in [5.41, 5.74) is 2.55. The predicted molar refractivity (Wildman–Crippen MR) is 107 cm³/mol. The van der Waals surface area contributed by atoms with Crippen molar-refractivity contribution in [3.8, 4) is 0 Å². The number of hydrogen-bond donors (Lipinski definition) is 0. The smallest absolute Gasteiger partial charge is 0.295 e. The molecule has 0 aliphatic rings. The Kier molecular flexibility index (Phi) is 5.57. The second-order valence-corrected chi connectivity index (χ2v) is 7.04. The molecule has 3 aromatic rings. The Morgan fingerprint density at radius 2 is 1.65 bits per heavy atom. The van der Waals surface area contributed by atoms with E-state index in [1.165, 1.54) is 0 Å². The Morgan fingerprint density at radius 3 is 2.31 bits per heavy atom. The van der Waals surface area contributed by atoms with E-state index in [9.17, 15) is 9.59 Å². The second-order valence-electron chi connectivity index (χ2n) is 6.12. The van der Waals surface area contributed by atoms with Crippen LogP contribution in [0.5, 0.6) is 0 Å². The number of carbonyl (C=O) groups is 2. The van der Waals surface area contributed by atoms with E-state index in [0.717, 1.165) is 20.9 Å². The van der Waals surface area contributed by atoms with Gasteiger partial charge in [0.2, 0.25) is 0 Å². The summed E-state index contributed by atoms with van der Waals surface area (Å²) in [6, 6.07) is 15.8. The third kappa shape index (κ3) is 3.58. The molecule has 0 atom stereocenters. The highest BCUT2D eigenvalue weighted by Gasteiger charge is 2.24. The van der Waals surface area contributed by atoms with Crippen LogP contribution in [0.1, 0.15) is 29.8 Å². The lowest BCUT2D eigenvalue weighted by atomic mass is 10.1. The van der Waals surface area contributed by atoms with E-state index in [-0.39, 0.29) is 0 Å². The van der Waals surface area contributed by atoms with Crippen molar-refractivity contribution in [2.45, 2.75) is 20.4 Å². The molecule has 0 saturated carbocycles. The first-order valence-corrected chi connectivity index (χ1v) is 9.50. The first kappa shape index (κ1) is 18.4. The molecule has 0 N–H and O–H groups in total. The van der Waals surface area contributed by atoms with Crippen LogP contribution >= 0.6 is 15.9 Å². The van der Waals surface area contributed by atoms with Gasteiger partial charge in [0.05, 0.1) is 5.56 Å². The monoisotopic (exact) mass is 412 g/mol. The normalized spacial score (nSPS) is 10.9. The maximum atomic E-state index is 12.8. The lowest BCUT2D eigenvalue weighted by molar-refractivity contribution is -0.126. The molecular weight excluding hydrogens is 392 g/mol. The molecule has 0 aliphatic heterocycles. The number of carbonyl (C=O) groups excluding carboxylic acids is 2. The van der Waals surface area contributed by atoms with Gasteiger partial charge in [0, 0.05) is 41.2 Å². The minimum absolute atomic E-state index is 0.443. The summed E-state index contributed by atoms with van der Waals surface area (Å²) in [5.74, 6) is -0.888. The summed E-state index contributed by atoms with van der Waals surface area (Å²) in [4.78, 5) is 26.9. The average molecular weight is 413 g/mol. The number of aromatic nitrogens is 1. The molecule has 1 amide bonds. The summed E-state index contributed by atoms with van der Waals surface area (Å²) in [6.07, 6.45) is 1.80. The largest absolute Gasteiger partial charge is 0.342 e. The van der Waals surface area contributed by atoms with E-state index in [1.54, 1.807) is 11.1 Å². The standard InChI is InChI=1S/C21H21BrN2O2/c1-3-23(4-2)21(26)20(25)18-14-24(19-8-6-5-7-17(18)19)13-15-9-11-16(22)12-10-15/h5-12,14H,3-4,13H2,1-2H3. The van der Waals surface area contributed by atoms with Crippen LogP contribution in [0.15, 0.2) is 59.2 Å². The molecule has 1 aromatic heterocycles. The average Bonchev–Trinajstić information content (AvgIpc) is 3.02. The zero-order chi connectivity index (χ0) is 18.7. The van der Waals surface area contributed by atoms with Crippen LogP contribution in [-0.4, -0.2) is 34.2 Å². The number of Topliss-reactive ketones (excluding diaryl/α,β-unsaturated/α-hetero) is 1. The SMILES string of the molecule is CCN(CC)C(=O)C(=O)c1cn(Cc2ccc(Br)cc2)c2ccccc12. The van der Waals surface area contributed by atoms with Crippen molar-refractivity contribution in [3.05, 3.63) is 70.3 Å². The van der Waals surface area contributed by atoms with Crippen LogP contribution in [0, 0.1) is 0 Å². The molecule has 134 valence electrons. The van der Waals surface area contributed by atoms with Crippen LogP contribution in [-0.2, 0) is 11.3 Å². The summed E-state index contributed by atoms with van der Waals surface area (Å²) in [5, 5.41) is 0.815. The van der Waals surface area contributed by atoms with E-state index >= 15 is 0 Å². The number of hydrogen-bond acceptors (Lipinski definition) is 2. The zero-order valence-electron chi connectivity index (χ0n) is 14.9. The number of rotatable bonds is 6. The molecule has 2 aromatic carbocycles. The Labute approximate surface area is 161 Å². The number of benzene rings is 2. The Hall–Kier alpha value is -2.40. The summed E-state index contributed by atoms with van der Waals surface area (Å²) < 4.78 is 3.06. The van der Waals surface area contributed by atoms with Crippen LogP contribution in [0.25, 0.3) is 10.9 Å². The fourth-order valence-electron chi connectivity index (χ4n) is 3.11. The summed E-state index contributed by atoms with van der Waals surface area (Å²) in [6.45, 7) is 5.45. The molecule has 5 heteroatoms. The molecule has 4 nitrogen and oxygen atoms in total. The highest BCUT2D eigenvalue weighted by molar-refractivity contribution is 9.10. The minimum Gasteiger partial charge on any atom is -0.342 e. The van der Waals surface area contributed by atoms with Crippen LogP contribution in [0.4, 0.5) is 0 Å². The van der Waals surface area contributed by atoms with Crippen molar-refractivity contribution < 1.29 is 9.59 Å². The lowest BCUT2D eigenvalue weighted by Gasteiger charge is -2.17. The number of fused-ring (bicyclic) bond motifs is 1. The Balaban J connectivity index is 2.00. The fourth-order valence-corrected chi connectivity index (χ4v) is 3.38. The number of ketones is 1. The van der Waals surface area contributed by atoms with Crippen molar-refractivity contribution >= 4 is 38.5 Å². The molecule has 0 bridgehead atoms. The molecule has 0 unspecified atom stereocenters. The van der Waals surface area contributed by atoms with Gasteiger partial charge in [-0.3, -0.25) is 9.59 Å². The molecule has 0 radical (unpaired) electrons. The van der Waals surface area contributed by atoms with Gasteiger partial charge in [0.15, 0.2) is 0 Å². The van der Waals surface area contributed by atoms with E-state index in [2.05, 4.69) is 15.9 Å². The first-order chi connectivity index (χ1) is 12.5. The van der Waals surface area contributed by atoms with Crippen LogP contribution in [0.3, 0.4) is 0 Å². The Morgan fingerprint density at radius 1 is 1.00 bits per heavy atom. The number of likely N-dealkylation sites (N-methyl/N-ethyl adjacent to an activating group) is 1. The fraction of sp³-hybridized carbons (Fsp3) is 0.238. The zero-order valence-corrected chi connectivity index (χ0v) is 16.5. The quantitative estimate of drug-likeness (QED) is 0.441. The maximum absolute atomic E-state index is 12.8. The third-order valence-corrected chi connectivity index (χ3v) is 5.07. The van der Waals surface area contributed by atoms with Crippen LogP contribution < -0.4 is 0 Å². The van der Waals surface area contributed by atoms with Crippen LogP contribution in [0.2, 0.25) is 0 Å². The second kappa shape index (κ2) is 7.87. The Bertz CT molecular complexity index is 940. The molecule has 0 aliphatic carbocycles. The molecular formula is C21H21BrN2O2. The molecule has 0 saturated heterocycles. The first-order valence-electron chi connectivity index (χ1n) is 8.71. The molecule has 1 heterocycles. The van der Waals surface area contributed by atoms with Gasteiger partial charge in [0.25, 0.3) is 11.7 Å². The highest BCUT2D eigenvalue weighted by Crippen LogP contribution is 2.24. The lowest BCUT2D eigenvalue weighted by Crippen LogP contribution is -2.36. The van der Waals surface area contributed by atoms with E-state index < -0.39 is 11.7 Å². The number of nitrogens with zero attached hydrogens (tertiary/aromatic N) is 2. The van der Waals surface area contributed by atoms with Gasteiger partial charge < -0.3 is 9.47 Å². The van der Waals surface area contributed by atoms with Gasteiger partial charge in [-0.15, -0.1) is 0 Å².